The Hall–Kier alpha value is -0.850. The van der Waals surface area contributed by atoms with Crippen LogP contribution >= 0.6 is 11.8 Å². The third-order valence-corrected chi connectivity index (χ3v) is 4.69. The summed E-state index contributed by atoms with van der Waals surface area (Å²) in [5.74, 6) is 1.63. The minimum atomic E-state index is 0.285. The van der Waals surface area contributed by atoms with Crippen LogP contribution in [-0.2, 0) is 16.1 Å². The lowest BCUT2D eigenvalue weighted by atomic mass is 10.3. The molecule has 1 aliphatic heterocycles. The first-order valence-corrected chi connectivity index (χ1v) is 8.58. The van der Waals surface area contributed by atoms with Crippen LogP contribution < -0.4 is 5.32 Å². The number of nitrogens with zero attached hydrogens (tertiary/aromatic N) is 2. The van der Waals surface area contributed by atoms with E-state index in [2.05, 4.69) is 29.1 Å². The van der Waals surface area contributed by atoms with E-state index in [0.717, 1.165) is 42.7 Å². The van der Waals surface area contributed by atoms with E-state index in [-0.39, 0.29) is 6.10 Å². The summed E-state index contributed by atoms with van der Waals surface area (Å²) in [5, 5.41) is 4.81. The Morgan fingerprint density at radius 2 is 2.29 bits per heavy atom. The van der Waals surface area contributed by atoms with Gasteiger partial charge in [-0.15, -0.1) is 11.8 Å². The molecule has 2 unspecified atom stereocenters. The largest absolute Gasteiger partial charge is 0.377 e. The van der Waals surface area contributed by atoms with E-state index in [1.165, 1.54) is 0 Å². The molecular weight excluding hydrogens is 286 g/mol. The molecule has 0 radical (unpaired) electrons. The molecule has 0 aromatic carbocycles. The summed E-state index contributed by atoms with van der Waals surface area (Å²) in [7, 11) is 0. The molecule has 0 spiro atoms. The van der Waals surface area contributed by atoms with Crippen molar-refractivity contribution in [3.63, 3.8) is 0 Å². The summed E-state index contributed by atoms with van der Waals surface area (Å²) in [4.78, 5) is 9.12. The van der Waals surface area contributed by atoms with Crippen molar-refractivity contribution < 1.29 is 9.47 Å². The van der Waals surface area contributed by atoms with Crippen LogP contribution in [0.3, 0.4) is 0 Å². The van der Waals surface area contributed by atoms with Crippen molar-refractivity contribution in [2.75, 3.05) is 25.1 Å². The van der Waals surface area contributed by atoms with E-state index in [1.54, 1.807) is 11.8 Å². The summed E-state index contributed by atoms with van der Waals surface area (Å²) in [5.41, 5.74) is 0. The fourth-order valence-electron chi connectivity index (χ4n) is 2.16. The number of rotatable bonds is 8. The van der Waals surface area contributed by atoms with Crippen molar-refractivity contribution in [3.05, 3.63) is 11.9 Å². The maximum atomic E-state index is 5.62. The number of nitrogens with one attached hydrogen (secondary N) is 1. The molecule has 118 valence electrons. The van der Waals surface area contributed by atoms with Gasteiger partial charge in [-0.3, -0.25) is 0 Å². The van der Waals surface area contributed by atoms with Gasteiger partial charge in [-0.25, -0.2) is 9.97 Å². The first kappa shape index (κ1) is 16.5. The zero-order chi connectivity index (χ0) is 15.1. The number of anilines is 1. The van der Waals surface area contributed by atoms with E-state index in [1.807, 2.05) is 13.0 Å². The Bertz CT molecular complexity index is 419. The zero-order valence-electron chi connectivity index (χ0n) is 13.1. The molecule has 0 saturated carbocycles. The molecule has 1 aromatic rings. The quantitative estimate of drug-likeness (QED) is 0.745. The average molecular weight is 311 g/mol. The second-order valence-corrected chi connectivity index (χ2v) is 6.35. The third-order valence-electron chi connectivity index (χ3n) is 3.32. The highest BCUT2D eigenvalue weighted by molar-refractivity contribution is 7.99. The summed E-state index contributed by atoms with van der Waals surface area (Å²) in [6.07, 6.45) is 2.43. The minimum absolute atomic E-state index is 0.285. The van der Waals surface area contributed by atoms with Crippen LogP contribution in [0.25, 0.3) is 0 Å². The molecule has 1 aliphatic rings. The first-order chi connectivity index (χ1) is 10.2. The van der Waals surface area contributed by atoms with Crippen LogP contribution in [0.2, 0.25) is 0 Å². The van der Waals surface area contributed by atoms with Gasteiger partial charge in [-0.05, 0) is 26.7 Å². The summed E-state index contributed by atoms with van der Waals surface area (Å²) < 4.78 is 11.1. The van der Waals surface area contributed by atoms with Crippen molar-refractivity contribution in [1.29, 1.82) is 0 Å². The third kappa shape index (κ3) is 5.13. The molecule has 1 aromatic heterocycles. The van der Waals surface area contributed by atoms with Gasteiger partial charge >= 0.3 is 0 Å². The summed E-state index contributed by atoms with van der Waals surface area (Å²) in [6, 6.07) is 2.03. The van der Waals surface area contributed by atoms with E-state index in [0.29, 0.717) is 18.5 Å². The maximum absolute atomic E-state index is 5.62. The topological polar surface area (TPSA) is 56.3 Å². The van der Waals surface area contributed by atoms with Gasteiger partial charge in [-0.1, -0.05) is 6.92 Å². The Labute approximate surface area is 131 Å². The molecule has 1 saturated heterocycles. The molecule has 2 heterocycles. The molecule has 6 heteroatoms. The van der Waals surface area contributed by atoms with Gasteiger partial charge in [0, 0.05) is 31.1 Å². The number of hydrogen-bond donors (Lipinski definition) is 1. The van der Waals surface area contributed by atoms with E-state index >= 15 is 0 Å². The lowest BCUT2D eigenvalue weighted by Crippen LogP contribution is -2.14. The second-order valence-electron chi connectivity index (χ2n) is 5.09. The highest BCUT2D eigenvalue weighted by Gasteiger charge is 2.26. The van der Waals surface area contributed by atoms with Gasteiger partial charge in [0.15, 0.2) is 5.82 Å². The van der Waals surface area contributed by atoms with Crippen LogP contribution in [0.4, 0.5) is 5.82 Å². The van der Waals surface area contributed by atoms with Gasteiger partial charge in [0.05, 0.1) is 6.10 Å². The Morgan fingerprint density at radius 1 is 1.43 bits per heavy atom. The lowest BCUT2D eigenvalue weighted by molar-refractivity contribution is 0.127. The van der Waals surface area contributed by atoms with Gasteiger partial charge in [0.1, 0.15) is 17.5 Å². The molecule has 2 atom stereocenters. The van der Waals surface area contributed by atoms with Crippen molar-refractivity contribution in [2.45, 2.75) is 56.6 Å². The monoisotopic (exact) mass is 311 g/mol. The van der Waals surface area contributed by atoms with E-state index in [9.17, 15) is 0 Å². The van der Waals surface area contributed by atoms with Crippen molar-refractivity contribution in [1.82, 2.24) is 9.97 Å². The van der Waals surface area contributed by atoms with Gasteiger partial charge in [-0.2, -0.15) is 0 Å². The molecule has 21 heavy (non-hydrogen) atoms. The Balaban J connectivity index is 2.09. The summed E-state index contributed by atoms with van der Waals surface area (Å²) >= 11 is 1.78. The van der Waals surface area contributed by atoms with Gasteiger partial charge < -0.3 is 14.8 Å². The molecular formula is C15H25N3O2S. The standard InChI is InChI=1S/C15H25N3O2S/c1-4-7-16-13-9-15(18-14(17-13)10-19-5-2)21-12-6-8-20-11(12)3/h9,11-12H,4-8,10H2,1-3H3,(H,16,17,18). The molecule has 0 amide bonds. The van der Waals surface area contributed by atoms with Crippen LogP contribution in [0, 0.1) is 0 Å². The highest BCUT2D eigenvalue weighted by Crippen LogP contribution is 2.32. The normalized spacial score (nSPS) is 21.7. The second kappa shape index (κ2) is 8.56. The number of hydrogen-bond acceptors (Lipinski definition) is 6. The smallest absolute Gasteiger partial charge is 0.157 e. The maximum Gasteiger partial charge on any atom is 0.157 e. The molecule has 2 rings (SSSR count). The van der Waals surface area contributed by atoms with Crippen LogP contribution in [0.15, 0.2) is 11.1 Å². The molecule has 5 nitrogen and oxygen atoms in total. The van der Waals surface area contributed by atoms with Crippen molar-refractivity contribution in [3.8, 4) is 0 Å². The first-order valence-electron chi connectivity index (χ1n) is 7.70. The zero-order valence-corrected chi connectivity index (χ0v) is 13.9. The predicted octanol–water partition coefficient (Wildman–Crippen LogP) is 3.10. The fraction of sp³-hybridized carbons (Fsp3) is 0.733. The number of aromatic nitrogens is 2. The number of ether oxygens (including phenoxy) is 2. The molecule has 0 aliphatic carbocycles. The predicted molar refractivity (Wildman–Crippen MR) is 85.8 cm³/mol. The van der Waals surface area contributed by atoms with Crippen LogP contribution in [0.5, 0.6) is 0 Å². The minimum Gasteiger partial charge on any atom is -0.377 e. The van der Waals surface area contributed by atoms with E-state index in [4.69, 9.17) is 9.47 Å². The fourth-order valence-corrected chi connectivity index (χ4v) is 3.29. The molecule has 0 bridgehead atoms. The van der Waals surface area contributed by atoms with Crippen LogP contribution in [-0.4, -0.2) is 41.1 Å². The van der Waals surface area contributed by atoms with Gasteiger partial charge in [0.25, 0.3) is 0 Å². The summed E-state index contributed by atoms with van der Waals surface area (Å²) in [6.45, 7) is 9.14. The average Bonchev–Trinajstić information content (AvgIpc) is 2.88. The van der Waals surface area contributed by atoms with Crippen molar-refractivity contribution >= 4 is 17.6 Å². The van der Waals surface area contributed by atoms with E-state index < -0.39 is 0 Å². The lowest BCUT2D eigenvalue weighted by Gasteiger charge is -2.14. The number of thioether (sulfide) groups is 1. The Kier molecular flexibility index (Phi) is 6.73. The molecule has 1 N–H and O–H groups in total. The SMILES string of the molecule is CCCNc1cc(SC2CCOC2C)nc(COCC)n1. The van der Waals surface area contributed by atoms with Gasteiger partial charge in [0.2, 0.25) is 0 Å². The van der Waals surface area contributed by atoms with Crippen molar-refractivity contribution in [2.24, 2.45) is 0 Å². The van der Waals surface area contributed by atoms with Crippen LogP contribution in [0.1, 0.15) is 39.4 Å². The molecule has 1 fully saturated rings. The highest BCUT2D eigenvalue weighted by atomic mass is 32.2. The Morgan fingerprint density at radius 3 is 2.95 bits per heavy atom.